The number of nitrogens with zero attached hydrogens (tertiary/aromatic N) is 3. The van der Waals surface area contributed by atoms with Gasteiger partial charge in [-0.1, -0.05) is 109 Å². The van der Waals surface area contributed by atoms with E-state index >= 15 is 0 Å². The fraction of sp³-hybridized carbons (Fsp3) is 0.574. The highest BCUT2D eigenvalue weighted by atomic mass is 16.5. The van der Waals surface area contributed by atoms with Crippen LogP contribution >= 0.6 is 0 Å². The summed E-state index contributed by atoms with van der Waals surface area (Å²) in [6.45, 7) is 17.0. The van der Waals surface area contributed by atoms with Gasteiger partial charge in [-0.05, 0) is 69.4 Å². The zero-order valence-corrected chi connectivity index (χ0v) is 36.9. The minimum atomic E-state index is -1.02. The summed E-state index contributed by atoms with van der Waals surface area (Å²) >= 11 is 0. The van der Waals surface area contributed by atoms with E-state index in [1.807, 2.05) is 40.7 Å². The van der Waals surface area contributed by atoms with Crippen LogP contribution in [0.4, 0.5) is 0 Å². The number of methoxy groups -OCH3 is 1. The molecule has 6 atom stereocenters. The highest BCUT2D eigenvalue weighted by Crippen LogP contribution is 2.27. The van der Waals surface area contributed by atoms with Crippen LogP contribution in [-0.2, 0) is 35.1 Å². The Bertz CT molecular complexity index is 1820. The highest BCUT2D eigenvalue weighted by Gasteiger charge is 2.41. The zero-order valence-electron chi connectivity index (χ0n) is 36.9. The SMILES string of the molecule is CCC(C)N1CCCC[C@@H]1C(=O)N[C@H](C(=O)N(C)[C@H](/C=C(\C)C(=O)N1CCC[C@H]1C(=O)N[C@@H](Cc1ccc(C(=O)c2ccccc2)cc1)C(=O)OC)C(C)C)C(C)(C)C. The summed E-state index contributed by atoms with van der Waals surface area (Å²) in [4.78, 5) is 87.4. The molecular weight excluding hydrogens is 747 g/mol. The maximum atomic E-state index is 14.4. The number of hydrogen-bond acceptors (Lipinski definition) is 8. The Hall–Kier alpha value is -4.84. The van der Waals surface area contributed by atoms with E-state index in [1.54, 1.807) is 73.5 Å². The van der Waals surface area contributed by atoms with Crippen molar-refractivity contribution in [2.24, 2.45) is 11.3 Å². The average molecular weight is 814 g/mol. The maximum Gasteiger partial charge on any atom is 0.328 e. The zero-order chi connectivity index (χ0) is 43.6. The number of nitrogens with one attached hydrogen (secondary N) is 2. The van der Waals surface area contributed by atoms with Gasteiger partial charge in [0.25, 0.3) is 0 Å². The van der Waals surface area contributed by atoms with Gasteiger partial charge in [-0.25, -0.2) is 4.79 Å². The van der Waals surface area contributed by atoms with E-state index in [1.165, 1.54) is 12.0 Å². The van der Waals surface area contributed by atoms with Gasteiger partial charge in [-0.15, -0.1) is 0 Å². The van der Waals surface area contributed by atoms with E-state index < -0.39 is 41.5 Å². The Balaban J connectivity index is 1.46. The third-order valence-electron chi connectivity index (χ3n) is 11.9. The minimum Gasteiger partial charge on any atom is -0.467 e. The smallest absolute Gasteiger partial charge is 0.328 e. The van der Waals surface area contributed by atoms with Gasteiger partial charge in [-0.3, -0.25) is 28.9 Å². The van der Waals surface area contributed by atoms with Gasteiger partial charge >= 0.3 is 5.97 Å². The number of amides is 4. The molecule has 2 aliphatic rings. The van der Waals surface area contributed by atoms with Crippen LogP contribution in [0.1, 0.15) is 115 Å². The molecular formula is C47H67N5O7. The van der Waals surface area contributed by atoms with Gasteiger partial charge in [-0.2, -0.15) is 0 Å². The van der Waals surface area contributed by atoms with E-state index in [0.717, 1.165) is 37.8 Å². The number of ketones is 1. The van der Waals surface area contributed by atoms with E-state index in [2.05, 4.69) is 29.4 Å². The fourth-order valence-electron chi connectivity index (χ4n) is 8.21. The Kier molecular flexibility index (Phi) is 16.6. The minimum absolute atomic E-state index is 0.0775. The highest BCUT2D eigenvalue weighted by molar-refractivity contribution is 6.09. The number of likely N-dealkylation sites (N-methyl/N-ethyl adjacent to an activating group) is 1. The van der Waals surface area contributed by atoms with Crippen LogP contribution in [0.3, 0.4) is 0 Å². The molecule has 2 N–H and O–H groups in total. The van der Waals surface area contributed by atoms with Crippen LogP contribution in [-0.4, -0.2) is 114 Å². The summed E-state index contributed by atoms with van der Waals surface area (Å²) < 4.78 is 5.04. The van der Waals surface area contributed by atoms with E-state index in [9.17, 15) is 28.8 Å². The van der Waals surface area contributed by atoms with Crippen molar-refractivity contribution < 1.29 is 33.5 Å². The number of piperidine rings is 1. The molecule has 0 saturated carbocycles. The summed E-state index contributed by atoms with van der Waals surface area (Å²) in [7, 11) is 2.97. The van der Waals surface area contributed by atoms with Crippen LogP contribution in [0.25, 0.3) is 0 Å². The molecule has 1 unspecified atom stereocenters. The second-order valence-electron chi connectivity index (χ2n) is 17.7. The molecule has 0 aromatic heterocycles. The van der Waals surface area contributed by atoms with Crippen LogP contribution in [0.15, 0.2) is 66.2 Å². The first kappa shape index (κ1) is 46.8. The first-order valence-corrected chi connectivity index (χ1v) is 21.3. The first-order valence-electron chi connectivity index (χ1n) is 21.3. The van der Waals surface area contributed by atoms with Crippen molar-refractivity contribution in [3.63, 3.8) is 0 Å². The second kappa shape index (κ2) is 20.9. The molecule has 2 aromatic rings. The maximum absolute atomic E-state index is 14.4. The number of likely N-dealkylation sites (tertiary alicyclic amines) is 2. The topological polar surface area (TPSA) is 145 Å². The predicted molar refractivity (Wildman–Crippen MR) is 229 cm³/mol. The van der Waals surface area contributed by atoms with Crippen molar-refractivity contribution in [1.82, 2.24) is 25.3 Å². The summed E-state index contributed by atoms with van der Waals surface area (Å²) in [5, 5.41) is 5.98. The van der Waals surface area contributed by atoms with Crippen LogP contribution in [0.5, 0.6) is 0 Å². The standard InChI is InChI=1S/C47H67N5O7/c1-11-32(5)51-26-16-15-20-37(51)43(55)49-41(47(6,7)8)45(57)50(9)39(30(2)3)28-31(4)44(56)52-27-17-21-38(52)42(54)48-36(46(58)59-10)29-33-22-24-35(25-23-33)40(53)34-18-13-12-14-19-34/h12-14,18-19,22-25,28,30,32,36-39,41H,11,15-17,20-21,26-27,29H2,1-10H3,(H,48,54)(H,49,55)/b31-28+/t32?,36-,37+,38-,39+,41+/m0/s1. The van der Waals surface area contributed by atoms with E-state index in [4.69, 9.17) is 4.74 Å². The lowest BCUT2D eigenvalue weighted by molar-refractivity contribution is -0.146. The Morgan fingerprint density at radius 3 is 2.05 bits per heavy atom. The van der Waals surface area contributed by atoms with Crippen LogP contribution < -0.4 is 10.6 Å². The number of benzene rings is 2. The van der Waals surface area contributed by atoms with Gasteiger partial charge < -0.3 is 25.2 Å². The predicted octanol–water partition coefficient (Wildman–Crippen LogP) is 5.72. The average Bonchev–Trinajstić information content (AvgIpc) is 3.73. The summed E-state index contributed by atoms with van der Waals surface area (Å²) in [6, 6.07) is 12.7. The number of carbonyl (C=O) groups is 6. The van der Waals surface area contributed by atoms with Crippen LogP contribution in [0, 0.1) is 11.3 Å². The number of ether oxygens (including phenoxy) is 1. The van der Waals surface area contributed by atoms with Crippen molar-refractivity contribution in [2.45, 2.75) is 137 Å². The van der Waals surface area contributed by atoms with Crippen molar-refractivity contribution >= 4 is 35.4 Å². The molecule has 0 aliphatic carbocycles. The van der Waals surface area contributed by atoms with Gasteiger partial charge in [0.1, 0.15) is 18.1 Å². The van der Waals surface area contributed by atoms with E-state index in [-0.39, 0.29) is 47.9 Å². The van der Waals surface area contributed by atoms with Crippen molar-refractivity contribution in [1.29, 1.82) is 0 Å². The lowest BCUT2D eigenvalue weighted by atomic mass is 9.84. The molecule has 59 heavy (non-hydrogen) atoms. The van der Waals surface area contributed by atoms with Gasteiger partial charge in [0.05, 0.1) is 19.2 Å². The number of rotatable bonds is 16. The Morgan fingerprint density at radius 1 is 0.847 bits per heavy atom. The van der Waals surface area contributed by atoms with Crippen molar-refractivity contribution in [3.05, 3.63) is 82.9 Å². The molecule has 4 rings (SSSR count). The Morgan fingerprint density at radius 2 is 1.46 bits per heavy atom. The molecule has 4 amide bonds. The quantitative estimate of drug-likeness (QED) is 0.124. The monoisotopic (exact) mass is 814 g/mol. The first-order chi connectivity index (χ1) is 27.9. The van der Waals surface area contributed by atoms with Crippen LogP contribution in [0.2, 0.25) is 0 Å². The van der Waals surface area contributed by atoms with Crippen molar-refractivity contribution in [3.8, 4) is 0 Å². The van der Waals surface area contributed by atoms with Gasteiger partial charge in [0, 0.05) is 42.8 Å². The van der Waals surface area contributed by atoms with Crippen molar-refractivity contribution in [2.75, 3.05) is 27.2 Å². The lowest BCUT2D eigenvalue weighted by Gasteiger charge is -2.41. The molecule has 2 fully saturated rings. The molecule has 0 spiro atoms. The molecule has 12 heteroatoms. The molecule has 12 nitrogen and oxygen atoms in total. The third kappa shape index (κ3) is 11.9. The second-order valence-corrected chi connectivity index (χ2v) is 17.7. The number of esters is 1. The summed E-state index contributed by atoms with van der Waals surface area (Å²) in [6.07, 6.45) is 6.63. The van der Waals surface area contributed by atoms with Gasteiger partial charge in [0.15, 0.2) is 5.78 Å². The fourth-order valence-corrected chi connectivity index (χ4v) is 8.21. The lowest BCUT2D eigenvalue weighted by Crippen LogP contribution is -2.60. The molecule has 322 valence electrons. The molecule has 2 heterocycles. The number of carbonyl (C=O) groups excluding carboxylic acids is 6. The molecule has 2 aliphatic heterocycles. The van der Waals surface area contributed by atoms with Gasteiger partial charge in [0.2, 0.25) is 23.6 Å². The molecule has 0 bridgehead atoms. The third-order valence-corrected chi connectivity index (χ3v) is 11.9. The summed E-state index contributed by atoms with van der Waals surface area (Å²) in [5.74, 6) is -1.98. The molecule has 2 aromatic carbocycles. The normalized spacial score (nSPS) is 19.6. The largest absolute Gasteiger partial charge is 0.467 e. The molecule has 2 saturated heterocycles. The van der Waals surface area contributed by atoms with E-state index in [0.29, 0.717) is 36.1 Å². The summed E-state index contributed by atoms with van der Waals surface area (Å²) in [5.41, 5.74) is 1.59. The molecule has 0 radical (unpaired) electrons. The number of hydrogen-bond donors (Lipinski definition) is 2. The Labute approximate surface area is 351 Å².